The molecule has 0 aromatic heterocycles. The van der Waals surface area contributed by atoms with Crippen LogP contribution in [0.3, 0.4) is 0 Å². The van der Waals surface area contributed by atoms with Crippen LogP contribution >= 0.6 is 0 Å². The second-order valence-electron chi connectivity index (χ2n) is 5.81. The normalized spacial score (nSPS) is 18.7. The molecule has 4 nitrogen and oxygen atoms in total. The Kier molecular flexibility index (Phi) is 3.61. The Hall–Kier alpha value is -1.06. The van der Waals surface area contributed by atoms with E-state index in [1.165, 1.54) is 6.42 Å². The minimum atomic E-state index is -0.982. The number of hydrogen-bond donors (Lipinski definition) is 2. The van der Waals surface area contributed by atoms with Crippen LogP contribution in [0, 0.1) is 10.8 Å². The molecule has 16 heavy (non-hydrogen) atoms. The molecule has 92 valence electrons. The third-order valence-corrected chi connectivity index (χ3v) is 3.45. The first kappa shape index (κ1) is 13.0. The third-order valence-electron chi connectivity index (χ3n) is 3.45. The van der Waals surface area contributed by atoms with Crippen LogP contribution in [0.1, 0.15) is 46.5 Å². The van der Waals surface area contributed by atoms with Crippen molar-refractivity contribution < 1.29 is 14.7 Å². The fourth-order valence-corrected chi connectivity index (χ4v) is 1.81. The highest BCUT2D eigenvalue weighted by molar-refractivity contribution is 5.84. The summed E-state index contributed by atoms with van der Waals surface area (Å²) < 4.78 is 0. The van der Waals surface area contributed by atoms with Crippen molar-refractivity contribution in [2.75, 3.05) is 6.54 Å². The van der Waals surface area contributed by atoms with Gasteiger partial charge in [-0.25, -0.2) is 0 Å². The lowest BCUT2D eigenvalue weighted by molar-refractivity contribution is -0.149. The molecule has 1 saturated carbocycles. The highest BCUT2D eigenvalue weighted by atomic mass is 16.4. The number of carbonyl (C=O) groups is 2. The van der Waals surface area contributed by atoms with E-state index in [1.54, 1.807) is 13.8 Å². The lowest BCUT2D eigenvalue weighted by atomic mass is 9.70. The van der Waals surface area contributed by atoms with E-state index in [9.17, 15) is 9.59 Å². The van der Waals surface area contributed by atoms with Crippen molar-refractivity contribution in [3.05, 3.63) is 0 Å². The van der Waals surface area contributed by atoms with Crippen LogP contribution in [0.4, 0.5) is 0 Å². The van der Waals surface area contributed by atoms with Gasteiger partial charge in [0.15, 0.2) is 0 Å². The van der Waals surface area contributed by atoms with E-state index in [0.29, 0.717) is 6.54 Å². The van der Waals surface area contributed by atoms with E-state index >= 15 is 0 Å². The van der Waals surface area contributed by atoms with Gasteiger partial charge in [0.05, 0.1) is 5.41 Å². The van der Waals surface area contributed by atoms with Crippen LogP contribution in [-0.4, -0.2) is 23.5 Å². The van der Waals surface area contributed by atoms with Gasteiger partial charge in [-0.2, -0.15) is 0 Å². The van der Waals surface area contributed by atoms with E-state index in [-0.39, 0.29) is 17.7 Å². The zero-order chi connectivity index (χ0) is 12.4. The summed E-state index contributed by atoms with van der Waals surface area (Å²) in [7, 11) is 0. The van der Waals surface area contributed by atoms with E-state index in [2.05, 4.69) is 12.2 Å². The van der Waals surface area contributed by atoms with Crippen molar-refractivity contribution in [3.63, 3.8) is 0 Å². The molecule has 0 saturated heterocycles. The van der Waals surface area contributed by atoms with Gasteiger partial charge < -0.3 is 10.4 Å². The predicted molar refractivity (Wildman–Crippen MR) is 61.0 cm³/mol. The monoisotopic (exact) mass is 227 g/mol. The zero-order valence-corrected chi connectivity index (χ0v) is 10.3. The molecule has 0 spiro atoms. The molecule has 0 aliphatic heterocycles. The number of rotatable bonds is 5. The fourth-order valence-electron chi connectivity index (χ4n) is 1.81. The predicted octanol–water partition coefficient (Wildman–Crippen LogP) is 1.79. The molecule has 0 unspecified atom stereocenters. The molecule has 2 N–H and O–H groups in total. The smallest absolute Gasteiger partial charge is 0.309 e. The van der Waals surface area contributed by atoms with Gasteiger partial charge in [-0.1, -0.05) is 13.3 Å². The van der Waals surface area contributed by atoms with E-state index in [0.717, 1.165) is 12.8 Å². The number of amides is 1. The summed E-state index contributed by atoms with van der Waals surface area (Å²) >= 11 is 0. The van der Waals surface area contributed by atoms with Crippen LogP contribution in [0.5, 0.6) is 0 Å². The average molecular weight is 227 g/mol. The lowest BCUT2D eigenvalue weighted by Crippen LogP contribution is -2.41. The van der Waals surface area contributed by atoms with Gasteiger partial charge in [-0.15, -0.1) is 0 Å². The molecule has 0 atom stereocenters. The summed E-state index contributed by atoms with van der Waals surface area (Å²) in [4.78, 5) is 22.4. The molecular formula is C12H21NO3. The standard InChI is InChI=1S/C12H21NO3/c1-11(2,10(15)16)7-9(14)13-8-12(3)5-4-6-12/h4-8H2,1-3H3,(H,13,14)(H,15,16). The molecule has 1 aliphatic carbocycles. The van der Waals surface area contributed by atoms with Crippen molar-refractivity contribution >= 4 is 11.9 Å². The number of carbonyl (C=O) groups excluding carboxylic acids is 1. The molecule has 0 bridgehead atoms. The van der Waals surface area contributed by atoms with Gasteiger partial charge in [0.25, 0.3) is 0 Å². The van der Waals surface area contributed by atoms with Crippen molar-refractivity contribution in [2.45, 2.75) is 46.5 Å². The van der Waals surface area contributed by atoms with Crippen LogP contribution in [-0.2, 0) is 9.59 Å². The Morgan fingerprint density at radius 3 is 2.31 bits per heavy atom. The molecule has 1 rings (SSSR count). The average Bonchev–Trinajstić information content (AvgIpc) is 2.10. The van der Waals surface area contributed by atoms with Crippen molar-refractivity contribution in [1.29, 1.82) is 0 Å². The lowest BCUT2D eigenvalue weighted by Gasteiger charge is -2.38. The van der Waals surface area contributed by atoms with Crippen molar-refractivity contribution in [1.82, 2.24) is 5.32 Å². The summed E-state index contributed by atoms with van der Waals surface area (Å²) in [6.07, 6.45) is 3.57. The maximum atomic E-state index is 11.6. The topological polar surface area (TPSA) is 66.4 Å². The Morgan fingerprint density at radius 1 is 1.38 bits per heavy atom. The van der Waals surface area contributed by atoms with Gasteiger partial charge in [0, 0.05) is 13.0 Å². The van der Waals surface area contributed by atoms with Gasteiger partial charge in [0.2, 0.25) is 5.91 Å². The summed E-state index contributed by atoms with van der Waals surface area (Å²) in [6.45, 7) is 5.96. The number of carboxylic acids is 1. The first-order valence-corrected chi connectivity index (χ1v) is 5.75. The first-order valence-electron chi connectivity index (χ1n) is 5.75. The fraction of sp³-hybridized carbons (Fsp3) is 0.833. The van der Waals surface area contributed by atoms with Gasteiger partial charge in [-0.3, -0.25) is 9.59 Å². The second-order valence-corrected chi connectivity index (χ2v) is 5.81. The van der Waals surface area contributed by atoms with Crippen molar-refractivity contribution in [3.8, 4) is 0 Å². The summed E-state index contributed by atoms with van der Waals surface area (Å²) in [6, 6.07) is 0. The second kappa shape index (κ2) is 4.44. The number of hydrogen-bond acceptors (Lipinski definition) is 2. The minimum absolute atomic E-state index is 0.0401. The molecular weight excluding hydrogens is 206 g/mol. The summed E-state index contributed by atoms with van der Waals surface area (Å²) in [5, 5.41) is 11.7. The maximum Gasteiger partial charge on any atom is 0.309 e. The first-order chi connectivity index (χ1) is 7.25. The van der Waals surface area contributed by atoms with Crippen LogP contribution in [0.2, 0.25) is 0 Å². The quantitative estimate of drug-likeness (QED) is 0.752. The molecule has 1 aliphatic rings. The maximum absolute atomic E-state index is 11.6. The zero-order valence-electron chi connectivity index (χ0n) is 10.3. The molecule has 0 aromatic carbocycles. The molecule has 0 heterocycles. The highest BCUT2D eigenvalue weighted by Crippen LogP contribution is 2.39. The number of carboxylic acid groups (broad SMARTS) is 1. The van der Waals surface area contributed by atoms with Gasteiger partial charge >= 0.3 is 5.97 Å². The molecule has 1 amide bonds. The Morgan fingerprint density at radius 2 is 1.94 bits per heavy atom. The molecule has 1 fully saturated rings. The Bertz CT molecular complexity index is 293. The largest absolute Gasteiger partial charge is 0.481 e. The van der Waals surface area contributed by atoms with E-state index in [1.807, 2.05) is 0 Å². The van der Waals surface area contributed by atoms with Crippen LogP contribution in [0.25, 0.3) is 0 Å². The van der Waals surface area contributed by atoms with Crippen LogP contribution in [0.15, 0.2) is 0 Å². The van der Waals surface area contributed by atoms with Crippen LogP contribution < -0.4 is 5.32 Å². The van der Waals surface area contributed by atoms with E-state index in [4.69, 9.17) is 5.11 Å². The Balaban J connectivity index is 2.33. The van der Waals surface area contributed by atoms with Gasteiger partial charge in [-0.05, 0) is 32.1 Å². The molecule has 0 radical (unpaired) electrons. The summed E-state index contributed by atoms with van der Waals surface area (Å²) in [5.74, 6) is -1.10. The SMILES string of the molecule is CC1(CNC(=O)CC(C)(C)C(=O)O)CCC1. The third kappa shape index (κ3) is 3.22. The van der Waals surface area contributed by atoms with Crippen molar-refractivity contribution in [2.24, 2.45) is 10.8 Å². The minimum Gasteiger partial charge on any atom is -0.481 e. The Labute approximate surface area is 96.4 Å². The molecule has 0 aromatic rings. The number of aliphatic carboxylic acids is 1. The van der Waals surface area contributed by atoms with E-state index < -0.39 is 11.4 Å². The highest BCUT2D eigenvalue weighted by Gasteiger charge is 2.34. The summed E-state index contributed by atoms with van der Waals surface area (Å²) in [5.41, 5.74) is -0.742. The number of nitrogens with one attached hydrogen (secondary N) is 1. The molecule has 4 heteroatoms. The van der Waals surface area contributed by atoms with Gasteiger partial charge in [0.1, 0.15) is 0 Å².